The second-order valence-electron chi connectivity index (χ2n) is 6.21. The third-order valence-corrected chi connectivity index (χ3v) is 4.77. The maximum absolute atomic E-state index is 11.0. The van der Waals surface area contributed by atoms with Crippen LogP contribution in [0.3, 0.4) is 0 Å². The highest BCUT2D eigenvalue weighted by Gasteiger charge is 2.32. The fourth-order valence-electron chi connectivity index (χ4n) is 3.35. The summed E-state index contributed by atoms with van der Waals surface area (Å²) in [5.74, 6) is 1.91. The van der Waals surface area contributed by atoms with Gasteiger partial charge in [-0.15, -0.1) is 0 Å². The molecule has 2 saturated carbocycles. The maximum Gasteiger partial charge on any atom is 0.165 e. The summed E-state index contributed by atoms with van der Waals surface area (Å²) in [6, 6.07) is 0.577. The topological polar surface area (TPSA) is 20.3 Å². The SMILES string of the molecule is C=C(C=O)N(CCCC1CC1C)C1CCCCC1. The molecule has 0 spiro atoms. The van der Waals surface area contributed by atoms with E-state index in [4.69, 9.17) is 0 Å². The fourth-order valence-corrected chi connectivity index (χ4v) is 3.35. The second kappa shape index (κ2) is 6.40. The van der Waals surface area contributed by atoms with Crippen molar-refractivity contribution >= 4 is 6.29 Å². The molecule has 2 heteroatoms. The first-order valence-electron chi connectivity index (χ1n) is 7.63. The van der Waals surface area contributed by atoms with E-state index in [1.165, 1.54) is 51.4 Å². The van der Waals surface area contributed by atoms with E-state index >= 15 is 0 Å². The molecule has 2 aliphatic carbocycles. The first-order chi connectivity index (χ1) is 8.72. The second-order valence-corrected chi connectivity index (χ2v) is 6.21. The zero-order valence-corrected chi connectivity index (χ0v) is 11.7. The van der Waals surface area contributed by atoms with Crippen LogP contribution < -0.4 is 0 Å². The summed E-state index contributed by atoms with van der Waals surface area (Å²) in [5.41, 5.74) is 0.700. The van der Waals surface area contributed by atoms with E-state index < -0.39 is 0 Å². The number of rotatable bonds is 7. The average molecular weight is 249 g/mol. The molecule has 0 bridgehead atoms. The molecule has 2 fully saturated rings. The van der Waals surface area contributed by atoms with Gasteiger partial charge < -0.3 is 4.90 Å². The summed E-state index contributed by atoms with van der Waals surface area (Å²) in [7, 11) is 0. The van der Waals surface area contributed by atoms with Crippen molar-refractivity contribution in [2.45, 2.75) is 64.3 Å². The van der Waals surface area contributed by atoms with Crippen molar-refractivity contribution in [3.05, 3.63) is 12.3 Å². The quantitative estimate of drug-likeness (QED) is 0.505. The molecule has 2 nitrogen and oxygen atoms in total. The highest BCUT2D eigenvalue weighted by atomic mass is 16.1. The highest BCUT2D eigenvalue weighted by Crippen LogP contribution is 2.41. The minimum absolute atomic E-state index is 0.577. The summed E-state index contributed by atoms with van der Waals surface area (Å²) >= 11 is 0. The molecule has 0 N–H and O–H groups in total. The van der Waals surface area contributed by atoms with Gasteiger partial charge in [0, 0.05) is 12.6 Å². The van der Waals surface area contributed by atoms with Crippen LogP contribution in [-0.2, 0) is 4.79 Å². The van der Waals surface area contributed by atoms with Crippen molar-refractivity contribution in [2.75, 3.05) is 6.54 Å². The highest BCUT2D eigenvalue weighted by molar-refractivity contribution is 5.71. The Morgan fingerprint density at radius 1 is 1.33 bits per heavy atom. The van der Waals surface area contributed by atoms with Gasteiger partial charge in [-0.1, -0.05) is 32.8 Å². The van der Waals surface area contributed by atoms with Crippen LogP contribution in [0.5, 0.6) is 0 Å². The number of hydrogen-bond donors (Lipinski definition) is 0. The number of aldehydes is 1. The van der Waals surface area contributed by atoms with Gasteiger partial charge in [-0.3, -0.25) is 4.79 Å². The largest absolute Gasteiger partial charge is 0.366 e. The van der Waals surface area contributed by atoms with E-state index in [1.807, 2.05) is 0 Å². The standard InChI is InChI=1S/C16H27NO/c1-13-11-15(13)7-6-10-17(14(2)12-18)16-8-4-3-5-9-16/h12-13,15-16H,2-11H2,1H3. The number of carbonyl (C=O) groups is 1. The van der Waals surface area contributed by atoms with E-state index in [9.17, 15) is 4.79 Å². The number of allylic oxidation sites excluding steroid dienone is 1. The minimum Gasteiger partial charge on any atom is -0.366 e. The predicted molar refractivity (Wildman–Crippen MR) is 75.3 cm³/mol. The van der Waals surface area contributed by atoms with E-state index in [1.54, 1.807) is 0 Å². The molecule has 2 aliphatic rings. The zero-order chi connectivity index (χ0) is 13.0. The average Bonchev–Trinajstić information content (AvgIpc) is 3.11. The van der Waals surface area contributed by atoms with Gasteiger partial charge in [0.1, 0.15) is 0 Å². The number of hydrogen-bond acceptors (Lipinski definition) is 2. The lowest BCUT2D eigenvalue weighted by Gasteiger charge is -2.35. The van der Waals surface area contributed by atoms with Crippen molar-refractivity contribution in [1.29, 1.82) is 0 Å². The lowest BCUT2D eigenvalue weighted by molar-refractivity contribution is -0.106. The predicted octanol–water partition coefficient (Wildman–Crippen LogP) is 3.77. The molecular weight excluding hydrogens is 222 g/mol. The first-order valence-corrected chi connectivity index (χ1v) is 7.63. The van der Waals surface area contributed by atoms with Crippen molar-refractivity contribution in [1.82, 2.24) is 4.90 Å². The van der Waals surface area contributed by atoms with Crippen LogP contribution in [0, 0.1) is 11.8 Å². The molecule has 2 atom stereocenters. The summed E-state index contributed by atoms with van der Waals surface area (Å²) in [4.78, 5) is 13.3. The van der Waals surface area contributed by atoms with Crippen LogP contribution in [-0.4, -0.2) is 23.8 Å². The Morgan fingerprint density at radius 3 is 2.56 bits per heavy atom. The molecular formula is C16H27NO. The van der Waals surface area contributed by atoms with E-state index in [-0.39, 0.29) is 0 Å². The number of carbonyl (C=O) groups excluding carboxylic acids is 1. The molecule has 0 heterocycles. The van der Waals surface area contributed by atoms with Crippen molar-refractivity contribution in [2.24, 2.45) is 11.8 Å². The molecule has 102 valence electrons. The van der Waals surface area contributed by atoms with Gasteiger partial charge in [-0.25, -0.2) is 0 Å². The van der Waals surface area contributed by atoms with Crippen LogP contribution in [0.2, 0.25) is 0 Å². The molecule has 2 rings (SSSR count). The van der Waals surface area contributed by atoms with E-state index in [0.29, 0.717) is 11.7 Å². The molecule has 0 aromatic carbocycles. The monoisotopic (exact) mass is 249 g/mol. The Hall–Kier alpha value is -0.790. The lowest BCUT2D eigenvalue weighted by atomic mass is 9.93. The van der Waals surface area contributed by atoms with Gasteiger partial charge in [0.2, 0.25) is 0 Å². The van der Waals surface area contributed by atoms with Gasteiger partial charge in [-0.05, 0) is 43.9 Å². The summed E-state index contributed by atoms with van der Waals surface area (Å²) in [5, 5.41) is 0. The Morgan fingerprint density at radius 2 is 2.00 bits per heavy atom. The first kappa shape index (κ1) is 13.6. The van der Waals surface area contributed by atoms with Gasteiger partial charge in [0.15, 0.2) is 6.29 Å². The van der Waals surface area contributed by atoms with Crippen LogP contribution in [0.4, 0.5) is 0 Å². The third kappa shape index (κ3) is 3.60. The lowest BCUT2D eigenvalue weighted by Crippen LogP contribution is -2.37. The summed E-state index contributed by atoms with van der Waals surface area (Å²) in [6.07, 6.45) is 11.4. The molecule has 0 radical (unpaired) electrons. The molecule has 0 aliphatic heterocycles. The van der Waals surface area contributed by atoms with Crippen LogP contribution in [0.25, 0.3) is 0 Å². The van der Waals surface area contributed by atoms with Crippen molar-refractivity contribution < 1.29 is 4.79 Å². The summed E-state index contributed by atoms with van der Waals surface area (Å²) < 4.78 is 0. The van der Waals surface area contributed by atoms with Gasteiger partial charge in [-0.2, -0.15) is 0 Å². The Kier molecular flexibility index (Phi) is 4.85. The Balaban J connectivity index is 1.79. The molecule has 0 aromatic heterocycles. The smallest absolute Gasteiger partial charge is 0.165 e. The Bertz CT molecular complexity index is 293. The Labute approximate surface area is 111 Å². The molecule has 2 unspecified atom stereocenters. The van der Waals surface area contributed by atoms with Crippen LogP contribution in [0.1, 0.15) is 58.3 Å². The van der Waals surface area contributed by atoms with E-state index in [2.05, 4.69) is 18.4 Å². The van der Waals surface area contributed by atoms with E-state index in [0.717, 1.165) is 24.7 Å². The van der Waals surface area contributed by atoms with Crippen molar-refractivity contribution in [3.8, 4) is 0 Å². The fraction of sp³-hybridized carbons (Fsp3) is 0.812. The van der Waals surface area contributed by atoms with Crippen LogP contribution in [0.15, 0.2) is 12.3 Å². The third-order valence-electron chi connectivity index (χ3n) is 4.77. The number of nitrogens with zero attached hydrogens (tertiary/aromatic N) is 1. The van der Waals surface area contributed by atoms with Gasteiger partial charge in [0.05, 0.1) is 5.70 Å². The summed E-state index contributed by atoms with van der Waals surface area (Å²) in [6.45, 7) is 7.31. The molecule has 0 aromatic rings. The van der Waals surface area contributed by atoms with Gasteiger partial charge in [0.25, 0.3) is 0 Å². The van der Waals surface area contributed by atoms with Gasteiger partial charge >= 0.3 is 0 Å². The molecule has 0 amide bonds. The van der Waals surface area contributed by atoms with Crippen molar-refractivity contribution in [3.63, 3.8) is 0 Å². The zero-order valence-electron chi connectivity index (χ0n) is 11.7. The molecule has 18 heavy (non-hydrogen) atoms. The maximum atomic E-state index is 11.0. The molecule has 0 saturated heterocycles. The van der Waals surface area contributed by atoms with Crippen LogP contribution >= 0.6 is 0 Å². The normalized spacial score (nSPS) is 27.8. The minimum atomic E-state index is 0.577.